The van der Waals surface area contributed by atoms with E-state index in [0.717, 1.165) is 49.9 Å². The molecular formula is C15H21N3OS. The van der Waals surface area contributed by atoms with Crippen molar-refractivity contribution in [2.24, 2.45) is 0 Å². The topological polar surface area (TPSA) is 37.4 Å². The van der Waals surface area contributed by atoms with E-state index in [9.17, 15) is 0 Å². The summed E-state index contributed by atoms with van der Waals surface area (Å²) in [7, 11) is 0. The summed E-state index contributed by atoms with van der Waals surface area (Å²) in [6, 6.07) is 8.29. The summed E-state index contributed by atoms with van der Waals surface area (Å²) < 4.78 is 7.05. The minimum Gasteiger partial charge on any atom is -0.374 e. The van der Waals surface area contributed by atoms with Crippen LogP contribution in [-0.2, 0) is 11.3 Å². The van der Waals surface area contributed by atoms with Crippen LogP contribution in [0, 0.1) is 0 Å². The Morgan fingerprint density at radius 3 is 3.20 bits per heavy atom. The molecule has 4 nitrogen and oxygen atoms in total. The monoisotopic (exact) mass is 291 g/mol. The highest BCUT2D eigenvalue weighted by Gasteiger charge is 2.18. The normalized spacial score (nSPS) is 20.6. The SMILES string of the molecule is CCN1CCOC(CNCc2nc3ccccc3s2)C1. The highest BCUT2D eigenvalue weighted by Crippen LogP contribution is 2.21. The van der Waals surface area contributed by atoms with Gasteiger partial charge in [-0.2, -0.15) is 0 Å². The molecule has 0 bridgehead atoms. The fourth-order valence-corrected chi connectivity index (χ4v) is 3.46. The number of rotatable bonds is 5. The minimum absolute atomic E-state index is 0.304. The van der Waals surface area contributed by atoms with Gasteiger partial charge in [0.15, 0.2) is 0 Å². The molecule has 0 radical (unpaired) electrons. The standard InChI is InChI=1S/C15H21N3OS/c1-2-18-7-8-19-12(11-18)9-16-10-15-17-13-5-3-4-6-14(13)20-15/h3-6,12,16H,2,7-11H2,1H3. The number of thiazole rings is 1. The van der Waals surface area contributed by atoms with E-state index in [-0.39, 0.29) is 0 Å². The van der Waals surface area contributed by atoms with Gasteiger partial charge in [0.2, 0.25) is 0 Å². The Labute approximate surface area is 123 Å². The van der Waals surface area contributed by atoms with Gasteiger partial charge in [-0.25, -0.2) is 4.98 Å². The van der Waals surface area contributed by atoms with Crippen LogP contribution in [0.5, 0.6) is 0 Å². The molecular weight excluding hydrogens is 270 g/mol. The molecule has 2 aromatic rings. The Morgan fingerprint density at radius 1 is 1.45 bits per heavy atom. The lowest BCUT2D eigenvalue weighted by Gasteiger charge is -2.32. The average molecular weight is 291 g/mol. The summed E-state index contributed by atoms with van der Waals surface area (Å²) in [5.41, 5.74) is 1.10. The van der Waals surface area contributed by atoms with Gasteiger partial charge in [-0.05, 0) is 18.7 Å². The van der Waals surface area contributed by atoms with Crippen LogP contribution in [0.4, 0.5) is 0 Å². The van der Waals surface area contributed by atoms with E-state index in [1.165, 1.54) is 4.70 Å². The molecule has 0 aliphatic carbocycles. The summed E-state index contributed by atoms with van der Waals surface area (Å²) >= 11 is 1.76. The lowest BCUT2D eigenvalue weighted by molar-refractivity contribution is -0.0253. The lowest BCUT2D eigenvalue weighted by Crippen LogP contribution is -2.46. The first kappa shape index (κ1) is 13.9. The number of ether oxygens (including phenoxy) is 1. The molecule has 5 heteroatoms. The molecule has 1 aromatic heterocycles. The van der Waals surface area contributed by atoms with Crippen molar-refractivity contribution < 1.29 is 4.74 Å². The van der Waals surface area contributed by atoms with Gasteiger partial charge < -0.3 is 10.1 Å². The van der Waals surface area contributed by atoms with E-state index >= 15 is 0 Å². The molecule has 1 aliphatic rings. The molecule has 108 valence electrons. The van der Waals surface area contributed by atoms with Gasteiger partial charge in [0, 0.05) is 26.2 Å². The fraction of sp³-hybridized carbons (Fsp3) is 0.533. The van der Waals surface area contributed by atoms with Gasteiger partial charge in [-0.3, -0.25) is 4.90 Å². The molecule has 1 fully saturated rings. The first-order chi connectivity index (χ1) is 9.85. The quantitative estimate of drug-likeness (QED) is 0.915. The number of hydrogen-bond acceptors (Lipinski definition) is 5. The number of fused-ring (bicyclic) bond motifs is 1. The van der Waals surface area contributed by atoms with Crippen LogP contribution in [0.25, 0.3) is 10.2 Å². The fourth-order valence-electron chi connectivity index (χ4n) is 2.53. The Hall–Kier alpha value is -1.01. The Balaban J connectivity index is 1.49. The van der Waals surface area contributed by atoms with E-state index in [4.69, 9.17) is 4.74 Å². The van der Waals surface area contributed by atoms with Crippen molar-refractivity contribution >= 4 is 21.6 Å². The first-order valence-corrected chi connectivity index (χ1v) is 8.06. The summed E-state index contributed by atoms with van der Waals surface area (Å²) in [5.74, 6) is 0. The molecule has 0 amide bonds. The second-order valence-corrected chi connectivity index (χ2v) is 6.21. The molecule has 1 unspecified atom stereocenters. The van der Waals surface area contributed by atoms with Gasteiger partial charge in [0.1, 0.15) is 5.01 Å². The summed E-state index contributed by atoms with van der Waals surface area (Å²) in [5, 5.41) is 4.62. The van der Waals surface area contributed by atoms with E-state index in [1.807, 2.05) is 6.07 Å². The van der Waals surface area contributed by atoms with Crippen LogP contribution in [0.2, 0.25) is 0 Å². The van der Waals surface area contributed by atoms with Crippen LogP contribution >= 0.6 is 11.3 Å². The van der Waals surface area contributed by atoms with Crippen molar-refractivity contribution in [2.45, 2.75) is 19.6 Å². The highest BCUT2D eigenvalue weighted by atomic mass is 32.1. The summed E-state index contributed by atoms with van der Waals surface area (Å²) in [4.78, 5) is 7.07. The zero-order valence-electron chi connectivity index (χ0n) is 11.8. The summed E-state index contributed by atoms with van der Waals surface area (Å²) in [6.45, 7) is 7.97. The maximum atomic E-state index is 5.79. The molecule has 20 heavy (non-hydrogen) atoms. The Bertz CT molecular complexity index is 524. The van der Waals surface area contributed by atoms with Crippen LogP contribution in [0.15, 0.2) is 24.3 Å². The zero-order valence-corrected chi connectivity index (χ0v) is 12.7. The van der Waals surface area contributed by atoms with Gasteiger partial charge in [0.05, 0.1) is 22.9 Å². The molecule has 3 rings (SSSR count). The van der Waals surface area contributed by atoms with Crippen LogP contribution < -0.4 is 5.32 Å². The van der Waals surface area contributed by atoms with Crippen LogP contribution in [0.1, 0.15) is 11.9 Å². The maximum Gasteiger partial charge on any atom is 0.108 e. The number of nitrogens with zero attached hydrogens (tertiary/aromatic N) is 2. The second kappa shape index (κ2) is 6.63. The van der Waals surface area contributed by atoms with Crippen LogP contribution in [0.3, 0.4) is 0 Å². The molecule has 1 aliphatic heterocycles. The van der Waals surface area contributed by atoms with Crippen molar-refractivity contribution in [3.63, 3.8) is 0 Å². The average Bonchev–Trinajstić information content (AvgIpc) is 2.90. The number of para-hydroxylation sites is 1. The largest absolute Gasteiger partial charge is 0.374 e. The zero-order chi connectivity index (χ0) is 13.8. The van der Waals surface area contributed by atoms with Gasteiger partial charge in [-0.1, -0.05) is 19.1 Å². The van der Waals surface area contributed by atoms with Gasteiger partial charge >= 0.3 is 0 Å². The number of hydrogen-bond donors (Lipinski definition) is 1. The van der Waals surface area contributed by atoms with E-state index < -0.39 is 0 Å². The molecule has 1 saturated heterocycles. The molecule has 1 N–H and O–H groups in total. The van der Waals surface area contributed by atoms with Crippen molar-refractivity contribution in [3.05, 3.63) is 29.3 Å². The van der Waals surface area contributed by atoms with E-state index in [2.05, 4.69) is 40.3 Å². The molecule has 1 atom stereocenters. The number of likely N-dealkylation sites (N-methyl/N-ethyl adjacent to an activating group) is 1. The van der Waals surface area contributed by atoms with E-state index in [0.29, 0.717) is 6.10 Å². The number of benzene rings is 1. The van der Waals surface area contributed by atoms with Gasteiger partial charge in [-0.15, -0.1) is 11.3 Å². The van der Waals surface area contributed by atoms with E-state index in [1.54, 1.807) is 11.3 Å². The number of morpholine rings is 1. The van der Waals surface area contributed by atoms with Crippen molar-refractivity contribution in [2.75, 3.05) is 32.8 Å². The molecule has 2 heterocycles. The smallest absolute Gasteiger partial charge is 0.108 e. The predicted molar refractivity (Wildman–Crippen MR) is 83.2 cm³/mol. The van der Waals surface area contributed by atoms with Crippen molar-refractivity contribution in [1.82, 2.24) is 15.2 Å². The third-order valence-electron chi connectivity index (χ3n) is 3.66. The van der Waals surface area contributed by atoms with Crippen molar-refractivity contribution in [1.29, 1.82) is 0 Å². The molecule has 0 spiro atoms. The lowest BCUT2D eigenvalue weighted by atomic mass is 10.2. The van der Waals surface area contributed by atoms with Crippen LogP contribution in [-0.4, -0.2) is 48.8 Å². The molecule has 0 saturated carbocycles. The predicted octanol–water partition coefficient (Wildman–Crippen LogP) is 2.11. The summed E-state index contributed by atoms with van der Waals surface area (Å²) in [6.07, 6.45) is 0.304. The number of nitrogens with one attached hydrogen (secondary N) is 1. The Kier molecular flexibility index (Phi) is 4.62. The first-order valence-electron chi connectivity index (χ1n) is 7.24. The van der Waals surface area contributed by atoms with Crippen molar-refractivity contribution in [3.8, 4) is 0 Å². The maximum absolute atomic E-state index is 5.79. The van der Waals surface area contributed by atoms with Gasteiger partial charge in [0.25, 0.3) is 0 Å². The minimum atomic E-state index is 0.304. The Morgan fingerprint density at radius 2 is 2.35 bits per heavy atom. The second-order valence-electron chi connectivity index (χ2n) is 5.09. The third kappa shape index (κ3) is 3.35. The molecule has 1 aromatic carbocycles. The third-order valence-corrected chi connectivity index (χ3v) is 4.69. The highest BCUT2D eigenvalue weighted by molar-refractivity contribution is 7.18. The number of aromatic nitrogens is 1.